The highest BCUT2D eigenvalue weighted by Gasteiger charge is 2.12. The van der Waals surface area contributed by atoms with Crippen molar-refractivity contribution in [3.63, 3.8) is 0 Å². The molecule has 1 amide bonds. The number of rotatable bonds is 6. The fraction of sp³-hybridized carbons (Fsp3) is 0.318. The largest absolute Gasteiger partial charge is 0.348 e. The molecule has 27 heavy (non-hydrogen) atoms. The number of carbonyl (C=O) groups excluding carboxylic acids is 1. The molecule has 0 aliphatic carbocycles. The molecule has 0 unspecified atom stereocenters. The van der Waals surface area contributed by atoms with E-state index < -0.39 is 0 Å². The zero-order chi connectivity index (χ0) is 19.1. The maximum Gasteiger partial charge on any atom is 0.244 e. The van der Waals surface area contributed by atoms with Crippen LogP contribution in [0.15, 0.2) is 48.5 Å². The molecular weight excluding hydrogens is 379 g/mol. The molecule has 142 valence electrons. The number of hydrogen-bond acceptors (Lipinski definition) is 2. The van der Waals surface area contributed by atoms with Gasteiger partial charge in [-0.05, 0) is 60.8 Å². The fourth-order valence-electron chi connectivity index (χ4n) is 3.29. The quantitative estimate of drug-likeness (QED) is 0.663. The Morgan fingerprint density at radius 2 is 1.78 bits per heavy atom. The van der Waals surface area contributed by atoms with Crippen molar-refractivity contribution < 1.29 is 4.79 Å². The maximum atomic E-state index is 12.2. The summed E-state index contributed by atoms with van der Waals surface area (Å²) in [6, 6.07) is 13.5. The van der Waals surface area contributed by atoms with Gasteiger partial charge in [-0.2, -0.15) is 0 Å². The van der Waals surface area contributed by atoms with Gasteiger partial charge >= 0.3 is 0 Å². The maximum absolute atomic E-state index is 12.2. The van der Waals surface area contributed by atoms with Crippen LogP contribution in [0.5, 0.6) is 0 Å². The second kappa shape index (κ2) is 9.93. The Bertz CT molecular complexity index is 814. The van der Waals surface area contributed by atoms with Crippen molar-refractivity contribution in [3.05, 3.63) is 75.3 Å². The van der Waals surface area contributed by atoms with Gasteiger partial charge in [-0.3, -0.25) is 9.69 Å². The van der Waals surface area contributed by atoms with Crippen molar-refractivity contribution in [1.82, 2.24) is 10.2 Å². The van der Waals surface area contributed by atoms with Crippen LogP contribution >= 0.6 is 23.2 Å². The van der Waals surface area contributed by atoms with Gasteiger partial charge in [0.1, 0.15) is 0 Å². The average molecular weight is 403 g/mol. The second-order valence-electron chi connectivity index (χ2n) is 6.82. The number of amides is 1. The van der Waals surface area contributed by atoms with Crippen molar-refractivity contribution in [2.75, 3.05) is 13.1 Å². The molecule has 0 radical (unpaired) electrons. The van der Waals surface area contributed by atoms with Crippen molar-refractivity contribution in [2.24, 2.45) is 0 Å². The molecule has 0 saturated carbocycles. The van der Waals surface area contributed by atoms with E-state index in [0.717, 1.165) is 30.8 Å². The van der Waals surface area contributed by atoms with Crippen molar-refractivity contribution >= 4 is 35.2 Å². The molecule has 0 atom stereocenters. The minimum Gasteiger partial charge on any atom is -0.348 e. The predicted molar refractivity (Wildman–Crippen MR) is 113 cm³/mol. The minimum atomic E-state index is -0.145. The van der Waals surface area contributed by atoms with Crippen LogP contribution in [-0.2, 0) is 17.9 Å². The number of nitrogens with zero attached hydrogens (tertiary/aromatic N) is 1. The second-order valence-corrected chi connectivity index (χ2v) is 7.67. The Hall–Kier alpha value is -1.81. The molecule has 1 N–H and O–H groups in total. The molecular formula is C22H24Cl2N2O. The monoisotopic (exact) mass is 402 g/mol. The fourth-order valence-corrected chi connectivity index (χ4v) is 3.76. The summed E-state index contributed by atoms with van der Waals surface area (Å²) >= 11 is 12.0. The smallest absolute Gasteiger partial charge is 0.244 e. The van der Waals surface area contributed by atoms with Crippen LogP contribution in [0.3, 0.4) is 0 Å². The lowest BCUT2D eigenvalue weighted by molar-refractivity contribution is -0.116. The van der Waals surface area contributed by atoms with Crippen LogP contribution in [0.25, 0.3) is 6.08 Å². The highest BCUT2D eigenvalue weighted by Crippen LogP contribution is 2.22. The summed E-state index contributed by atoms with van der Waals surface area (Å²) in [6.07, 6.45) is 7.09. The average Bonchev–Trinajstić information content (AvgIpc) is 2.67. The summed E-state index contributed by atoms with van der Waals surface area (Å²) in [4.78, 5) is 14.7. The molecule has 1 fully saturated rings. The van der Waals surface area contributed by atoms with Gasteiger partial charge in [0.15, 0.2) is 0 Å². The minimum absolute atomic E-state index is 0.145. The lowest BCUT2D eigenvalue weighted by Crippen LogP contribution is -2.30. The molecule has 2 aromatic rings. The first-order valence-electron chi connectivity index (χ1n) is 9.32. The van der Waals surface area contributed by atoms with Gasteiger partial charge < -0.3 is 5.32 Å². The topological polar surface area (TPSA) is 32.3 Å². The van der Waals surface area contributed by atoms with Gasteiger partial charge in [-0.15, -0.1) is 0 Å². The first-order valence-corrected chi connectivity index (χ1v) is 10.1. The van der Waals surface area contributed by atoms with Gasteiger partial charge in [0.25, 0.3) is 0 Å². The summed E-state index contributed by atoms with van der Waals surface area (Å²) in [5.41, 5.74) is 3.21. The SMILES string of the molecule is O=C(/C=C/c1ccc(Cl)cc1Cl)NCc1ccccc1CN1CCCCC1. The van der Waals surface area contributed by atoms with E-state index in [-0.39, 0.29) is 5.91 Å². The third-order valence-corrected chi connectivity index (χ3v) is 5.35. The number of carbonyl (C=O) groups is 1. The Morgan fingerprint density at radius 1 is 1.04 bits per heavy atom. The standard InChI is InChI=1S/C22H24Cl2N2O/c23-20-10-8-17(21(24)14-20)9-11-22(27)25-15-18-6-2-3-7-19(18)16-26-12-4-1-5-13-26/h2-3,6-11,14H,1,4-5,12-13,15-16H2,(H,25,27)/b11-9+. The summed E-state index contributed by atoms with van der Waals surface area (Å²) in [6.45, 7) is 3.78. The van der Waals surface area contributed by atoms with E-state index in [4.69, 9.17) is 23.2 Å². The highest BCUT2D eigenvalue weighted by molar-refractivity contribution is 6.35. The molecule has 3 nitrogen and oxygen atoms in total. The van der Waals surface area contributed by atoms with E-state index in [9.17, 15) is 4.79 Å². The number of likely N-dealkylation sites (tertiary alicyclic amines) is 1. The third-order valence-electron chi connectivity index (χ3n) is 4.79. The van der Waals surface area contributed by atoms with Crippen LogP contribution < -0.4 is 5.32 Å². The molecule has 1 aliphatic rings. The highest BCUT2D eigenvalue weighted by atomic mass is 35.5. The van der Waals surface area contributed by atoms with Crippen molar-refractivity contribution in [2.45, 2.75) is 32.4 Å². The third kappa shape index (κ3) is 6.10. The van der Waals surface area contributed by atoms with Crippen molar-refractivity contribution in [3.8, 4) is 0 Å². The lowest BCUT2D eigenvalue weighted by Gasteiger charge is -2.27. The van der Waals surface area contributed by atoms with Crippen LogP contribution in [-0.4, -0.2) is 23.9 Å². The number of halogens is 2. The van der Waals surface area contributed by atoms with Gasteiger partial charge in [0, 0.05) is 29.2 Å². The molecule has 5 heteroatoms. The Kier molecular flexibility index (Phi) is 7.33. The Balaban J connectivity index is 1.57. The van der Waals surface area contributed by atoms with Gasteiger partial charge in [-0.25, -0.2) is 0 Å². The Labute approximate surface area is 171 Å². The molecule has 0 bridgehead atoms. The summed E-state index contributed by atoms with van der Waals surface area (Å²) < 4.78 is 0. The van der Waals surface area contributed by atoms with Crippen LogP contribution in [0.2, 0.25) is 10.0 Å². The van der Waals surface area contributed by atoms with Gasteiger partial charge in [0.2, 0.25) is 5.91 Å². The molecule has 0 aromatic heterocycles. The van der Waals surface area contributed by atoms with E-state index in [0.29, 0.717) is 16.6 Å². The predicted octanol–water partition coefficient (Wildman–Crippen LogP) is 5.31. The zero-order valence-electron chi connectivity index (χ0n) is 15.3. The lowest BCUT2D eigenvalue weighted by atomic mass is 10.0. The first-order chi connectivity index (χ1) is 13.1. The first kappa shape index (κ1) is 19.9. The van der Waals surface area contributed by atoms with E-state index in [1.807, 2.05) is 6.07 Å². The summed E-state index contributed by atoms with van der Waals surface area (Å²) in [5, 5.41) is 4.07. The zero-order valence-corrected chi connectivity index (χ0v) is 16.8. The number of benzene rings is 2. The summed E-state index contributed by atoms with van der Waals surface area (Å²) in [7, 11) is 0. The van der Waals surface area contributed by atoms with E-state index in [1.54, 1.807) is 24.3 Å². The van der Waals surface area contributed by atoms with E-state index >= 15 is 0 Å². The summed E-state index contributed by atoms with van der Waals surface area (Å²) in [5.74, 6) is -0.145. The van der Waals surface area contributed by atoms with Gasteiger partial charge in [0.05, 0.1) is 0 Å². The molecule has 1 aliphatic heterocycles. The molecule has 2 aromatic carbocycles. The number of hydrogen-bond donors (Lipinski definition) is 1. The van der Waals surface area contributed by atoms with Crippen LogP contribution in [0.4, 0.5) is 0 Å². The molecule has 3 rings (SSSR count). The van der Waals surface area contributed by atoms with E-state index in [2.05, 4.69) is 28.4 Å². The number of piperidine rings is 1. The van der Waals surface area contributed by atoms with Crippen LogP contribution in [0, 0.1) is 0 Å². The van der Waals surface area contributed by atoms with Crippen molar-refractivity contribution in [1.29, 1.82) is 0 Å². The van der Waals surface area contributed by atoms with Crippen LogP contribution in [0.1, 0.15) is 36.0 Å². The molecule has 0 spiro atoms. The van der Waals surface area contributed by atoms with Gasteiger partial charge in [-0.1, -0.05) is 60.0 Å². The molecule has 1 saturated heterocycles. The Morgan fingerprint density at radius 3 is 2.52 bits per heavy atom. The number of nitrogens with one attached hydrogen (secondary N) is 1. The molecule has 1 heterocycles. The van der Waals surface area contributed by atoms with E-state index in [1.165, 1.54) is 30.9 Å². The normalized spacial score (nSPS) is 15.2.